The van der Waals surface area contributed by atoms with Crippen molar-refractivity contribution in [3.05, 3.63) is 50.9 Å². The van der Waals surface area contributed by atoms with Crippen LogP contribution in [-0.4, -0.2) is 28.7 Å². The maximum atomic E-state index is 12.7. The van der Waals surface area contributed by atoms with Gasteiger partial charge in [0.2, 0.25) is 5.78 Å². The standard InChI is InChI=1S/C17H22ClN3O2/c1-3-6-14-16(15(22)11-19-9-4-2)17(23)21(20-14)13-8-5-7-12(18)10-13/h5,7-8,10,19-20H,3-4,6,9,11H2,1-2H3/p+1. The zero-order chi connectivity index (χ0) is 16.8. The number of H-pyrrole nitrogens is 1. The first-order valence-electron chi connectivity index (χ1n) is 8.03. The van der Waals surface area contributed by atoms with Gasteiger partial charge in [-0.1, -0.05) is 37.9 Å². The minimum atomic E-state index is -0.300. The molecule has 5 nitrogen and oxygen atoms in total. The fourth-order valence-electron chi connectivity index (χ4n) is 2.54. The van der Waals surface area contributed by atoms with Crippen LogP contribution in [-0.2, 0) is 6.42 Å². The molecule has 3 N–H and O–H groups in total. The molecule has 0 spiro atoms. The van der Waals surface area contributed by atoms with Crippen LogP contribution in [0, 0.1) is 0 Å². The van der Waals surface area contributed by atoms with E-state index in [2.05, 4.69) is 12.0 Å². The molecule has 23 heavy (non-hydrogen) atoms. The van der Waals surface area contributed by atoms with Gasteiger partial charge in [-0.15, -0.1) is 0 Å². The number of ketones is 1. The third-order valence-corrected chi connectivity index (χ3v) is 3.87. The summed E-state index contributed by atoms with van der Waals surface area (Å²) in [6.45, 7) is 5.26. The number of aromatic nitrogens is 2. The van der Waals surface area contributed by atoms with Gasteiger partial charge in [-0.2, -0.15) is 0 Å². The Hall–Kier alpha value is -1.85. The molecule has 2 rings (SSSR count). The number of Topliss-reactive ketones (excluding diaryl/α,β-unsaturated/α-hetero) is 1. The lowest BCUT2D eigenvalue weighted by Crippen LogP contribution is -2.85. The first kappa shape index (κ1) is 17.5. The molecule has 0 amide bonds. The summed E-state index contributed by atoms with van der Waals surface area (Å²) in [5.74, 6) is -0.121. The summed E-state index contributed by atoms with van der Waals surface area (Å²) in [7, 11) is 0. The number of nitrogens with one attached hydrogen (secondary N) is 1. The number of benzene rings is 1. The number of nitrogens with two attached hydrogens (primary N) is 1. The predicted octanol–water partition coefficient (Wildman–Crippen LogP) is 1.93. The number of aromatic amines is 1. The molecule has 0 aliphatic heterocycles. The van der Waals surface area contributed by atoms with Gasteiger partial charge in [-0.25, -0.2) is 4.68 Å². The number of nitrogens with zero attached hydrogens (tertiary/aromatic N) is 1. The Kier molecular flexibility index (Phi) is 6.19. The van der Waals surface area contributed by atoms with Gasteiger partial charge in [0, 0.05) is 10.7 Å². The van der Waals surface area contributed by atoms with E-state index in [0.29, 0.717) is 29.4 Å². The Morgan fingerprint density at radius 1 is 1.30 bits per heavy atom. The van der Waals surface area contributed by atoms with Crippen molar-refractivity contribution in [3.63, 3.8) is 0 Å². The van der Waals surface area contributed by atoms with Crippen molar-refractivity contribution in [2.24, 2.45) is 0 Å². The number of aryl methyl sites for hydroxylation is 1. The molecular formula is C17H23ClN3O2+. The Balaban J connectivity index is 2.41. The smallest absolute Gasteiger partial charge is 0.282 e. The summed E-state index contributed by atoms with van der Waals surface area (Å²) < 4.78 is 1.41. The van der Waals surface area contributed by atoms with Crippen molar-refractivity contribution < 1.29 is 10.1 Å². The number of quaternary nitrogens is 1. The lowest BCUT2D eigenvalue weighted by Gasteiger charge is -2.01. The lowest BCUT2D eigenvalue weighted by molar-refractivity contribution is -0.642. The summed E-state index contributed by atoms with van der Waals surface area (Å²) >= 11 is 6.00. The van der Waals surface area contributed by atoms with E-state index in [-0.39, 0.29) is 16.9 Å². The first-order valence-corrected chi connectivity index (χ1v) is 8.41. The van der Waals surface area contributed by atoms with Crippen molar-refractivity contribution >= 4 is 17.4 Å². The minimum absolute atomic E-state index is 0.121. The molecule has 1 aromatic heterocycles. The van der Waals surface area contributed by atoms with Crippen LogP contribution in [0.4, 0.5) is 0 Å². The van der Waals surface area contributed by atoms with Crippen molar-refractivity contribution in [3.8, 4) is 5.69 Å². The monoisotopic (exact) mass is 336 g/mol. The molecular weight excluding hydrogens is 314 g/mol. The van der Waals surface area contributed by atoms with Gasteiger partial charge in [-0.3, -0.25) is 14.7 Å². The highest BCUT2D eigenvalue weighted by Gasteiger charge is 2.22. The second-order valence-corrected chi connectivity index (χ2v) is 5.98. The van der Waals surface area contributed by atoms with Crippen LogP contribution in [0.1, 0.15) is 42.7 Å². The third-order valence-electron chi connectivity index (χ3n) is 3.63. The van der Waals surface area contributed by atoms with Crippen molar-refractivity contribution in [1.82, 2.24) is 9.78 Å². The van der Waals surface area contributed by atoms with E-state index in [1.807, 2.05) is 12.2 Å². The van der Waals surface area contributed by atoms with Crippen LogP contribution in [0.2, 0.25) is 5.02 Å². The third kappa shape index (κ3) is 4.12. The van der Waals surface area contributed by atoms with Crippen LogP contribution in [0.3, 0.4) is 0 Å². The molecule has 0 unspecified atom stereocenters. The molecule has 0 saturated heterocycles. The van der Waals surface area contributed by atoms with Crippen molar-refractivity contribution in [2.45, 2.75) is 33.1 Å². The van der Waals surface area contributed by atoms with Gasteiger partial charge in [-0.05, 0) is 31.0 Å². The van der Waals surface area contributed by atoms with E-state index in [9.17, 15) is 9.59 Å². The maximum absolute atomic E-state index is 12.7. The Bertz CT molecular complexity index is 734. The number of halogens is 1. The van der Waals surface area contributed by atoms with Gasteiger partial charge in [0.15, 0.2) is 0 Å². The highest BCUT2D eigenvalue weighted by atomic mass is 35.5. The van der Waals surface area contributed by atoms with E-state index >= 15 is 0 Å². The van der Waals surface area contributed by atoms with E-state index in [4.69, 9.17) is 11.6 Å². The van der Waals surface area contributed by atoms with Crippen LogP contribution in [0.5, 0.6) is 0 Å². The van der Waals surface area contributed by atoms with E-state index in [1.165, 1.54) is 4.68 Å². The summed E-state index contributed by atoms with van der Waals surface area (Å²) in [4.78, 5) is 25.2. The van der Waals surface area contributed by atoms with Crippen LogP contribution < -0.4 is 10.9 Å². The molecule has 1 heterocycles. The molecule has 124 valence electrons. The van der Waals surface area contributed by atoms with Gasteiger partial charge >= 0.3 is 0 Å². The highest BCUT2D eigenvalue weighted by molar-refractivity contribution is 6.30. The Labute approximate surface area is 140 Å². The summed E-state index contributed by atoms with van der Waals surface area (Å²) in [6, 6.07) is 7.02. The average molecular weight is 337 g/mol. The molecule has 0 saturated carbocycles. The van der Waals surface area contributed by atoms with Gasteiger partial charge in [0.05, 0.1) is 12.2 Å². The summed E-state index contributed by atoms with van der Waals surface area (Å²) in [5, 5.41) is 5.56. The van der Waals surface area contributed by atoms with E-state index in [0.717, 1.165) is 19.4 Å². The molecule has 0 fully saturated rings. The fraction of sp³-hybridized carbons (Fsp3) is 0.412. The minimum Gasteiger partial charge on any atom is -0.340 e. The van der Waals surface area contributed by atoms with Crippen molar-refractivity contribution in [1.29, 1.82) is 0 Å². The van der Waals surface area contributed by atoms with Gasteiger partial charge < -0.3 is 5.32 Å². The number of carbonyl (C=O) groups excluding carboxylic acids is 1. The first-order chi connectivity index (χ1) is 11.1. The topological polar surface area (TPSA) is 71.5 Å². The molecule has 0 radical (unpaired) electrons. The van der Waals surface area contributed by atoms with E-state index in [1.54, 1.807) is 24.3 Å². The van der Waals surface area contributed by atoms with Gasteiger partial charge in [0.1, 0.15) is 12.1 Å². The lowest BCUT2D eigenvalue weighted by atomic mass is 10.1. The molecule has 0 aliphatic rings. The van der Waals surface area contributed by atoms with Gasteiger partial charge in [0.25, 0.3) is 5.56 Å². The number of hydrogen-bond donors (Lipinski definition) is 2. The number of carbonyl (C=O) groups is 1. The van der Waals surface area contributed by atoms with Crippen LogP contribution in [0.15, 0.2) is 29.1 Å². The normalized spacial score (nSPS) is 10.9. The average Bonchev–Trinajstić information content (AvgIpc) is 2.84. The Morgan fingerprint density at radius 2 is 2.09 bits per heavy atom. The molecule has 2 aromatic rings. The second-order valence-electron chi connectivity index (χ2n) is 5.54. The van der Waals surface area contributed by atoms with Crippen LogP contribution in [0.25, 0.3) is 5.69 Å². The van der Waals surface area contributed by atoms with Crippen molar-refractivity contribution in [2.75, 3.05) is 13.1 Å². The predicted molar refractivity (Wildman–Crippen MR) is 91.7 cm³/mol. The molecule has 0 aliphatic carbocycles. The Morgan fingerprint density at radius 3 is 2.74 bits per heavy atom. The van der Waals surface area contributed by atoms with Crippen LogP contribution >= 0.6 is 11.6 Å². The highest BCUT2D eigenvalue weighted by Crippen LogP contribution is 2.14. The fourth-order valence-corrected chi connectivity index (χ4v) is 2.72. The quantitative estimate of drug-likeness (QED) is 0.571. The molecule has 6 heteroatoms. The SMILES string of the molecule is CCC[NH2+]CC(=O)c1c(CCC)[nH]n(-c2cccc(Cl)c2)c1=O. The maximum Gasteiger partial charge on any atom is 0.282 e. The second kappa shape index (κ2) is 8.13. The molecule has 1 aromatic carbocycles. The summed E-state index contributed by atoms with van der Waals surface area (Å²) in [5.41, 5.74) is 1.31. The largest absolute Gasteiger partial charge is 0.340 e. The molecule has 0 atom stereocenters. The zero-order valence-corrected chi connectivity index (χ0v) is 14.3. The number of rotatable bonds is 8. The summed E-state index contributed by atoms with van der Waals surface area (Å²) in [6.07, 6.45) is 2.51. The number of hydrogen-bond acceptors (Lipinski definition) is 2. The van der Waals surface area contributed by atoms with E-state index < -0.39 is 0 Å². The zero-order valence-electron chi connectivity index (χ0n) is 13.6. The molecule has 0 bridgehead atoms.